The summed E-state index contributed by atoms with van der Waals surface area (Å²) in [6.07, 6.45) is 1.32. The van der Waals surface area contributed by atoms with Gasteiger partial charge in [-0.2, -0.15) is 4.98 Å². The number of hydrogen-bond acceptors (Lipinski definition) is 5. The van der Waals surface area contributed by atoms with Crippen LogP contribution in [-0.4, -0.2) is 27.5 Å². The Bertz CT molecular complexity index is 710. The number of hydrogen-bond donors (Lipinski definition) is 1. The molecule has 110 valence electrons. The Morgan fingerprint density at radius 3 is 2.86 bits per heavy atom. The molecule has 1 aromatic heterocycles. The van der Waals surface area contributed by atoms with Crippen molar-refractivity contribution in [2.75, 3.05) is 12.9 Å². The van der Waals surface area contributed by atoms with E-state index < -0.39 is 0 Å². The van der Waals surface area contributed by atoms with E-state index in [9.17, 15) is 9.90 Å². The average Bonchev–Trinajstić information content (AvgIpc) is 2.52. The first kappa shape index (κ1) is 14.0. The van der Waals surface area contributed by atoms with Crippen molar-refractivity contribution in [3.05, 3.63) is 45.7 Å². The van der Waals surface area contributed by atoms with Gasteiger partial charge in [0.2, 0.25) is 5.88 Å². The molecule has 5 nitrogen and oxygen atoms in total. The van der Waals surface area contributed by atoms with E-state index in [2.05, 4.69) is 4.98 Å². The number of fused-ring (bicyclic) bond motifs is 1. The Kier molecular flexibility index (Phi) is 3.88. The molecular formula is C15H16N2O3S. The van der Waals surface area contributed by atoms with Gasteiger partial charge in [0.25, 0.3) is 5.56 Å². The fourth-order valence-corrected chi connectivity index (χ4v) is 3.30. The van der Waals surface area contributed by atoms with E-state index in [0.717, 1.165) is 23.5 Å². The van der Waals surface area contributed by atoms with Crippen LogP contribution in [-0.2, 0) is 13.0 Å². The summed E-state index contributed by atoms with van der Waals surface area (Å²) in [5, 5.41) is 10.7. The van der Waals surface area contributed by atoms with E-state index in [4.69, 9.17) is 4.74 Å². The molecule has 1 aliphatic rings. The van der Waals surface area contributed by atoms with Gasteiger partial charge in [-0.3, -0.25) is 9.36 Å². The van der Waals surface area contributed by atoms with Crippen molar-refractivity contribution >= 4 is 11.8 Å². The van der Waals surface area contributed by atoms with Gasteiger partial charge in [-0.25, -0.2) is 0 Å². The SMILES string of the molecule is COc1ccc(Cc2c(O)nc3n(c2=O)CCCS3)cc1. The third-order valence-electron chi connectivity index (χ3n) is 3.50. The minimum Gasteiger partial charge on any atom is -0.497 e. The third-order valence-corrected chi connectivity index (χ3v) is 4.57. The van der Waals surface area contributed by atoms with Gasteiger partial charge >= 0.3 is 0 Å². The highest BCUT2D eigenvalue weighted by atomic mass is 32.2. The zero-order valence-corrected chi connectivity index (χ0v) is 12.5. The van der Waals surface area contributed by atoms with E-state index >= 15 is 0 Å². The van der Waals surface area contributed by atoms with Crippen molar-refractivity contribution in [1.82, 2.24) is 9.55 Å². The second-order valence-electron chi connectivity index (χ2n) is 4.88. The maximum Gasteiger partial charge on any atom is 0.261 e. The van der Waals surface area contributed by atoms with E-state index in [0.29, 0.717) is 23.7 Å². The summed E-state index contributed by atoms with van der Waals surface area (Å²) >= 11 is 1.51. The molecule has 0 amide bonds. The van der Waals surface area contributed by atoms with Gasteiger partial charge in [-0.1, -0.05) is 23.9 Å². The third kappa shape index (κ3) is 2.76. The molecule has 1 aliphatic heterocycles. The molecular weight excluding hydrogens is 288 g/mol. The highest BCUT2D eigenvalue weighted by Gasteiger charge is 2.19. The van der Waals surface area contributed by atoms with Gasteiger partial charge < -0.3 is 9.84 Å². The zero-order valence-electron chi connectivity index (χ0n) is 11.7. The first-order valence-electron chi connectivity index (χ1n) is 6.77. The standard InChI is InChI=1S/C15H16N2O3S/c1-20-11-5-3-10(4-6-11)9-12-13(18)16-15-17(14(12)19)7-2-8-21-15/h3-6,18H,2,7-9H2,1H3. The van der Waals surface area contributed by atoms with Crippen LogP contribution in [0.4, 0.5) is 0 Å². The average molecular weight is 304 g/mol. The fourth-order valence-electron chi connectivity index (χ4n) is 2.36. The molecule has 0 saturated carbocycles. The molecule has 0 aliphatic carbocycles. The van der Waals surface area contributed by atoms with Crippen molar-refractivity contribution in [3.63, 3.8) is 0 Å². The van der Waals surface area contributed by atoms with Gasteiger partial charge in [0.1, 0.15) is 5.75 Å². The predicted octanol–water partition coefficient (Wildman–Crippen LogP) is 2.04. The normalized spacial score (nSPS) is 13.8. The van der Waals surface area contributed by atoms with Crippen molar-refractivity contribution in [3.8, 4) is 11.6 Å². The Hall–Kier alpha value is -1.95. The van der Waals surface area contributed by atoms with E-state index in [1.165, 1.54) is 11.8 Å². The molecule has 3 rings (SSSR count). The number of aromatic hydroxyl groups is 1. The number of rotatable bonds is 3. The van der Waals surface area contributed by atoms with Crippen LogP contribution < -0.4 is 10.3 Å². The van der Waals surface area contributed by atoms with Crippen LogP contribution >= 0.6 is 11.8 Å². The summed E-state index contributed by atoms with van der Waals surface area (Å²) in [4.78, 5) is 16.6. The molecule has 1 N–H and O–H groups in total. The maximum absolute atomic E-state index is 12.5. The van der Waals surface area contributed by atoms with Crippen LogP contribution in [0.25, 0.3) is 0 Å². The van der Waals surface area contributed by atoms with Crippen LogP contribution in [0.15, 0.2) is 34.2 Å². The maximum atomic E-state index is 12.5. The van der Waals surface area contributed by atoms with Gasteiger partial charge in [-0.05, 0) is 24.1 Å². The molecule has 0 atom stereocenters. The van der Waals surface area contributed by atoms with Crippen LogP contribution in [0, 0.1) is 0 Å². The zero-order chi connectivity index (χ0) is 14.8. The molecule has 0 bridgehead atoms. The summed E-state index contributed by atoms with van der Waals surface area (Å²) in [5.74, 6) is 1.54. The molecule has 2 heterocycles. The Morgan fingerprint density at radius 1 is 1.38 bits per heavy atom. The van der Waals surface area contributed by atoms with Crippen molar-refractivity contribution in [2.24, 2.45) is 0 Å². The molecule has 0 unspecified atom stereocenters. The molecule has 0 saturated heterocycles. The largest absolute Gasteiger partial charge is 0.497 e. The first-order valence-corrected chi connectivity index (χ1v) is 7.76. The topological polar surface area (TPSA) is 64.3 Å². The Labute approximate surface area is 126 Å². The molecule has 1 aromatic carbocycles. The van der Waals surface area contributed by atoms with Gasteiger partial charge in [0, 0.05) is 18.7 Å². The number of aromatic nitrogens is 2. The highest BCUT2D eigenvalue weighted by molar-refractivity contribution is 7.99. The lowest BCUT2D eigenvalue weighted by Gasteiger charge is -2.18. The smallest absolute Gasteiger partial charge is 0.261 e. The Morgan fingerprint density at radius 2 is 2.14 bits per heavy atom. The highest BCUT2D eigenvalue weighted by Crippen LogP contribution is 2.25. The minimum absolute atomic E-state index is 0.138. The number of thioether (sulfide) groups is 1. The number of methoxy groups -OCH3 is 1. The van der Waals surface area contributed by atoms with E-state index in [-0.39, 0.29) is 11.4 Å². The molecule has 2 aromatic rings. The Balaban J connectivity index is 1.96. The van der Waals surface area contributed by atoms with Gasteiger partial charge in [0.05, 0.1) is 12.7 Å². The first-order chi connectivity index (χ1) is 10.2. The summed E-state index contributed by atoms with van der Waals surface area (Å²) in [5.41, 5.74) is 1.15. The quantitative estimate of drug-likeness (QED) is 0.879. The van der Waals surface area contributed by atoms with Gasteiger partial charge in [-0.15, -0.1) is 0 Å². The summed E-state index contributed by atoms with van der Waals surface area (Å²) in [6, 6.07) is 7.45. The summed E-state index contributed by atoms with van der Waals surface area (Å²) < 4.78 is 6.77. The van der Waals surface area contributed by atoms with Crippen molar-refractivity contribution in [1.29, 1.82) is 0 Å². The molecule has 0 spiro atoms. The summed E-state index contributed by atoms with van der Waals surface area (Å²) in [6.45, 7) is 0.671. The second-order valence-corrected chi connectivity index (χ2v) is 5.94. The van der Waals surface area contributed by atoms with Crippen molar-refractivity contribution in [2.45, 2.75) is 24.5 Å². The monoisotopic (exact) mass is 304 g/mol. The molecule has 0 radical (unpaired) electrons. The molecule has 0 fully saturated rings. The number of nitrogens with zero attached hydrogens (tertiary/aromatic N) is 2. The minimum atomic E-state index is -0.156. The summed E-state index contributed by atoms with van der Waals surface area (Å²) in [7, 11) is 1.61. The predicted molar refractivity (Wildman–Crippen MR) is 81.3 cm³/mol. The lowest BCUT2D eigenvalue weighted by molar-refractivity contribution is 0.414. The molecule has 6 heteroatoms. The number of benzene rings is 1. The van der Waals surface area contributed by atoms with E-state index in [1.807, 2.05) is 24.3 Å². The van der Waals surface area contributed by atoms with Crippen molar-refractivity contribution < 1.29 is 9.84 Å². The van der Waals surface area contributed by atoms with Gasteiger partial charge in [0.15, 0.2) is 5.16 Å². The second kappa shape index (κ2) is 5.81. The number of ether oxygens (including phenoxy) is 1. The fraction of sp³-hybridized carbons (Fsp3) is 0.333. The lowest BCUT2D eigenvalue weighted by Crippen LogP contribution is -2.29. The van der Waals surface area contributed by atoms with Crippen LogP contribution in [0.1, 0.15) is 17.5 Å². The van der Waals surface area contributed by atoms with Crippen LogP contribution in [0.5, 0.6) is 11.6 Å². The van der Waals surface area contributed by atoms with Crippen LogP contribution in [0.2, 0.25) is 0 Å². The van der Waals surface area contributed by atoms with Crippen LogP contribution in [0.3, 0.4) is 0 Å². The van der Waals surface area contributed by atoms with E-state index in [1.54, 1.807) is 11.7 Å². The lowest BCUT2D eigenvalue weighted by atomic mass is 10.1. The molecule has 21 heavy (non-hydrogen) atoms.